The maximum atomic E-state index is 13.4. The summed E-state index contributed by atoms with van der Waals surface area (Å²) in [6.07, 6.45) is 4.05. The molecule has 6 heteroatoms. The van der Waals surface area contributed by atoms with Gasteiger partial charge in [-0.3, -0.25) is 0 Å². The minimum Gasteiger partial charge on any atom is -0.862 e. The van der Waals surface area contributed by atoms with Gasteiger partial charge < -0.3 is 29.4 Å². The largest absolute Gasteiger partial charge is 0.862 e. The third kappa shape index (κ3) is 5.14. The van der Waals surface area contributed by atoms with E-state index in [0.717, 1.165) is 62.6 Å². The summed E-state index contributed by atoms with van der Waals surface area (Å²) >= 11 is 0. The van der Waals surface area contributed by atoms with E-state index < -0.39 is 0 Å². The third-order valence-electron chi connectivity index (χ3n) is 7.69. The third-order valence-corrected chi connectivity index (χ3v) is 7.69. The molecule has 0 amide bonds. The van der Waals surface area contributed by atoms with Crippen molar-refractivity contribution in [2.24, 2.45) is 10.9 Å². The van der Waals surface area contributed by atoms with Crippen LogP contribution in [0.2, 0.25) is 0 Å². The van der Waals surface area contributed by atoms with Gasteiger partial charge in [0.15, 0.2) is 11.5 Å². The van der Waals surface area contributed by atoms with E-state index in [0.29, 0.717) is 13.2 Å². The summed E-state index contributed by atoms with van der Waals surface area (Å²) in [6, 6.07) is 21.1. The molecule has 0 spiro atoms. The summed E-state index contributed by atoms with van der Waals surface area (Å²) in [7, 11) is 0. The Morgan fingerprint density at radius 1 is 0.917 bits per heavy atom. The van der Waals surface area contributed by atoms with E-state index in [1.54, 1.807) is 0 Å². The number of ether oxygens (including phenoxy) is 2. The lowest BCUT2D eigenvalue weighted by atomic mass is 10.0. The molecule has 3 heterocycles. The highest BCUT2D eigenvalue weighted by molar-refractivity contribution is 5.86. The van der Waals surface area contributed by atoms with Gasteiger partial charge in [-0.15, -0.1) is 0 Å². The van der Waals surface area contributed by atoms with Gasteiger partial charge in [-0.2, -0.15) is 0 Å². The van der Waals surface area contributed by atoms with Gasteiger partial charge in [0.1, 0.15) is 13.2 Å². The summed E-state index contributed by atoms with van der Waals surface area (Å²) < 4.78 is 11.5. The van der Waals surface area contributed by atoms with Gasteiger partial charge in [-0.25, -0.2) is 0 Å². The lowest BCUT2D eigenvalue weighted by molar-refractivity contribution is -0.223. The minimum absolute atomic E-state index is 0.0437. The number of hydrogen-bond acceptors (Lipinski definition) is 6. The van der Waals surface area contributed by atoms with Crippen LogP contribution >= 0.6 is 0 Å². The number of fused-ring (bicyclic) bond motifs is 2. The van der Waals surface area contributed by atoms with Crippen molar-refractivity contribution < 1.29 is 14.6 Å². The Kier molecular flexibility index (Phi) is 6.69. The fourth-order valence-corrected chi connectivity index (χ4v) is 5.76. The number of anilines is 1. The zero-order valence-corrected chi connectivity index (χ0v) is 20.8. The molecule has 2 saturated heterocycles. The Hall–Kier alpha value is -3.25. The molecule has 1 unspecified atom stereocenters. The van der Waals surface area contributed by atoms with Gasteiger partial charge in [-0.1, -0.05) is 36.4 Å². The van der Waals surface area contributed by atoms with Crippen molar-refractivity contribution in [2.45, 2.75) is 31.7 Å². The summed E-state index contributed by atoms with van der Waals surface area (Å²) in [5.74, 6) is 1.61. The molecule has 2 atom stereocenters. The van der Waals surface area contributed by atoms with E-state index >= 15 is 0 Å². The Balaban J connectivity index is 1.17. The smallest absolute Gasteiger partial charge is 0.161 e. The van der Waals surface area contributed by atoms with Crippen molar-refractivity contribution in [2.75, 3.05) is 50.8 Å². The van der Waals surface area contributed by atoms with E-state index in [-0.39, 0.29) is 17.9 Å². The van der Waals surface area contributed by atoms with Crippen LogP contribution in [0.4, 0.5) is 5.69 Å². The molecule has 3 aromatic carbocycles. The van der Waals surface area contributed by atoms with Gasteiger partial charge >= 0.3 is 0 Å². The molecule has 3 aliphatic rings. The molecule has 0 bridgehead atoms. The molecule has 0 aromatic heterocycles. The highest BCUT2D eigenvalue weighted by Gasteiger charge is 2.25. The van der Waals surface area contributed by atoms with Crippen molar-refractivity contribution in [1.82, 2.24) is 4.90 Å². The Bertz CT molecular complexity index is 1240. The lowest BCUT2D eigenvalue weighted by Crippen LogP contribution is -2.36. The number of rotatable bonds is 7. The lowest BCUT2D eigenvalue weighted by Gasteiger charge is -2.26. The van der Waals surface area contributed by atoms with Crippen molar-refractivity contribution in [3.63, 3.8) is 0 Å². The maximum Gasteiger partial charge on any atom is 0.161 e. The van der Waals surface area contributed by atoms with Crippen molar-refractivity contribution in [3.05, 3.63) is 66.2 Å². The highest BCUT2D eigenvalue weighted by Crippen LogP contribution is 2.32. The Labute approximate surface area is 213 Å². The van der Waals surface area contributed by atoms with E-state index in [9.17, 15) is 5.11 Å². The van der Waals surface area contributed by atoms with E-state index in [4.69, 9.17) is 14.5 Å². The molecule has 0 radical (unpaired) electrons. The molecule has 3 aliphatic heterocycles. The zero-order valence-electron chi connectivity index (χ0n) is 20.8. The second kappa shape index (κ2) is 10.4. The fraction of sp³-hybridized carbons (Fsp3) is 0.433. The molecule has 188 valence electrons. The number of benzene rings is 3. The summed E-state index contributed by atoms with van der Waals surface area (Å²) in [4.78, 5) is 9.62. The Morgan fingerprint density at radius 2 is 1.72 bits per heavy atom. The van der Waals surface area contributed by atoms with Gasteiger partial charge in [0, 0.05) is 31.2 Å². The SMILES string of the molecule is [O-]C(=NC(Cc1ccc2c(c1)OCCO2)CN1CCCC1)[C@@H]1CCN(c2ccc3ccccc3c2)C1. The van der Waals surface area contributed by atoms with Crippen LogP contribution < -0.4 is 19.5 Å². The second-order valence-corrected chi connectivity index (χ2v) is 10.3. The first-order valence-corrected chi connectivity index (χ1v) is 13.3. The van der Waals surface area contributed by atoms with Crippen LogP contribution in [-0.4, -0.2) is 62.8 Å². The predicted octanol–water partition coefficient (Wildman–Crippen LogP) is 3.90. The summed E-state index contributed by atoms with van der Waals surface area (Å²) in [6.45, 7) is 5.82. The second-order valence-electron chi connectivity index (χ2n) is 10.3. The minimum atomic E-state index is -0.0483. The molecule has 0 saturated carbocycles. The molecule has 3 aromatic rings. The van der Waals surface area contributed by atoms with E-state index in [1.807, 2.05) is 6.07 Å². The predicted molar refractivity (Wildman–Crippen MR) is 142 cm³/mol. The zero-order chi connectivity index (χ0) is 24.3. The quantitative estimate of drug-likeness (QED) is 0.376. The molecule has 36 heavy (non-hydrogen) atoms. The molecule has 2 fully saturated rings. The van der Waals surface area contributed by atoms with Gasteiger partial charge in [0.2, 0.25) is 0 Å². The van der Waals surface area contributed by atoms with Gasteiger partial charge in [-0.05, 0) is 85.3 Å². The molecular formula is C30H34N3O3-. The molecule has 6 rings (SSSR count). The molecule has 0 N–H and O–H groups in total. The first-order chi connectivity index (χ1) is 17.7. The first-order valence-electron chi connectivity index (χ1n) is 13.3. The molecular weight excluding hydrogens is 450 g/mol. The van der Waals surface area contributed by atoms with Crippen LogP contribution in [0.1, 0.15) is 24.8 Å². The summed E-state index contributed by atoms with van der Waals surface area (Å²) in [5.41, 5.74) is 2.33. The maximum absolute atomic E-state index is 13.4. The van der Waals surface area contributed by atoms with Crippen molar-refractivity contribution in [1.29, 1.82) is 0 Å². The standard InChI is InChI=1S/C30H35N3O3/c34-30(25-11-14-33(20-25)27-9-8-23-5-1-2-6-24(23)19-27)31-26(21-32-12-3-4-13-32)17-22-7-10-28-29(18-22)36-16-15-35-28/h1-2,5-10,18-19,25-26H,3-4,11-17,20-21H2,(H,31,34)/p-1/t25-,26?/m1/s1. The molecule has 0 aliphatic carbocycles. The van der Waals surface area contributed by atoms with Crippen molar-refractivity contribution >= 4 is 22.4 Å². The summed E-state index contributed by atoms with van der Waals surface area (Å²) in [5, 5.41) is 15.9. The Morgan fingerprint density at radius 3 is 2.58 bits per heavy atom. The van der Waals surface area contributed by atoms with Crippen LogP contribution in [0.5, 0.6) is 11.5 Å². The first kappa shape index (κ1) is 23.2. The molecule has 6 nitrogen and oxygen atoms in total. The van der Waals surface area contributed by atoms with Crippen LogP contribution in [-0.2, 0) is 6.42 Å². The van der Waals surface area contributed by atoms with Crippen LogP contribution in [0, 0.1) is 5.92 Å². The normalized spacial score (nSPS) is 21.3. The number of aliphatic imine (C=N–C) groups is 1. The van der Waals surface area contributed by atoms with Gasteiger partial charge in [0.05, 0.1) is 6.04 Å². The van der Waals surface area contributed by atoms with Crippen molar-refractivity contribution in [3.8, 4) is 11.5 Å². The fourth-order valence-electron chi connectivity index (χ4n) is 5.76. The van der Waals surface area contributed by atoms with E-state index in [2.05, 4.69) is 64.4 Å². The average Bonchev–Trinajstić information content (AvgIpc) is 3.61. The van der Waals surface area contributed by atoms with Crippen LogP contribution in [0.3, 0.4) is 0 Å². The number of hydrogen-bond donors (Lipinski definition) is 0. The average molecular weight is 485 g/mol. The monoisotopic (exact) mass is 484 g/mol. The van der Waals surface area contributed by atoms with Gasteiger partial charge in [0.25, 0.3) is 0 Å². The van der Waals surface area contributed by atoms with Crippen LogP contribution in [0.25, 0.3) is 10.8 Å². The number of nitrogens with zero attached hydrogens (tertiary/aromatic N) is 3. The topological polar surface area (TPSA) is 60.4 Å². The number of likely N-dealkylation sites (tertiary alicyclic amines) is 1. The van der Waals surface area contributed by atoms with Crippen LogP contribution in [0.15, 0.2) is 65.7 Å². The highest BCUT2D eigenvalue weighted by atomic mass is 16.6. The van der Waals surface area contributed by atoms with E-state index in [1.165, 1.54) is 29.3 Å².